The van der Waals surface area contributed by atoms with E-state index in [-0.39, 0.29) is 7.43 Å². The van der Waals surface area contributed by atoms with Crippen molar-refractivity contribution in [2.24, 2.45) is 0 Å². The lowest BCUT2D eigenvalue weighted by Crippen LogP contribution is -1.91. The second kappa shape index (κ2) is 3.11. The zero-order valence-corrected chi connectivity index (χ0v) is 5.39. The summed E-state index contributed by atoms with van der Waals surface area (Å²) in [4.78, 5) is 0. The Bertz CT molecular complexity index is 218. The molecule has 0 radical (unpaired) electrons. The van der Waals surface area contributed by atoms with Crippen LogP contribution in [0.25, 0.3) is 0 Å². The number of rotatable bonds is 0. The number of benzene rings is 1. The number of hydrogen-bond acceptors (Lipinski definition) is 2. The highest BCUT2D eigenvalue weighted by Gasteiger charge is 1.90. The first-order valence-corrected chi connectivity index (χ1v) is 2.82. The van der Waals surface area contributed by atoms with E-state index in [0.29, 0.717) is 0 Å². The van der Waals surface area contributed by atoms with Crippen LogP contribution in [0.1, 0.15) is 13.0 Å². The Balaban J connectivity index is 0.000000810. The number of nitrogens with two attached hydrogens (primary N) is 2. The lowest BCUT2D eigenvalue weighted by atomic mass is 10.2. The van der Waals surface area contributed by atoms with Crippen molar-refractivity contribution in [1.82, 2.24) is 0 Å². The summed E-state index contributed by atoms with van der Waals surface area (Å²) in [7, 11) is 0. The van der Waals surface area contributed by atoms with E-state index in [0.717, 1.165) is 16.9 Å². The first kappa shape index (κ1) is 8.82. The van der Waals surface area contributed by atoms with Crippen molar-refractivity contribution in [1.29, 1.82) is 0 Å². The quantitative estimate of drug-likeness (QED) is 0.537. The van der Waals surface area contributed by atoms with Crippen molar-refractivity contribution in [3.8, 4) is 0 Å². The van der Waals surface area contributed by atoms with E-state index in [1.807, 2.05) is 19.1 Å². The summed E-state index contributed by atoms with van der Waals surface area (Å²) in [6, 6.07) is 5.46. The van der Waals surface area contributed by atoms with Crippen LogP contribution in [0.4, 0.5) is 11.4 Å². The Morgan fingerprint density at radius 2 is 1.80 bits per heavy atom. The normalized spacial score (nSPS) is 8.50. The van der Waals surface area contributed by atoms with Gasteiger partial charge in [0.25, 0.3) is 0 Å². The van der Waals surface area contributed by atoms with E-state index in [9.17, 15) is 0 Å². The molecule has 1 aromatic rings. The molecule has 1 rings (SSSR count). The van der Waals surface area contributed by atoms with Gasteiger partial charge in [-0.1, -0.05) is 7.43 Å². The molecular weight excluding hydrogens is 124 g/mol. The van der Waals surface area contributed by atoms with Gasteiger partial charge in [0.2, 0.25) is 0 Å². The van der Waals surface area contributed by atoms with Crippen molar-refractivity contribution < 1.29 is 0 Å². The molecule has 0 aliphatic carbocycles. The fourth-order valence-corrected chi connectivity index (χ4v) is 0.699. The largest absolute Gasteiger partial charge is 0.399 e. The molecule has 0 spiro atoms. The summed E-state index contributed by atoms with van der Waals surface area (Å²) >= 11 is 0. The molecule has 10 heavy (non-hydrogen) atoms. The fourth-order valence-electron chi connectivity index (χ4n) is 0.699. The Hall–Kier alpha value is -1.18. The summed E-state index contributed by atoms with van der Waals surface area (Å²) in [5, 5.41) is 0. The van der Waals surface area contributed by atoms with E-state index in [4.69, 9.17) is 11.5 Å². The molecule has 0 amide bonds. The highest BCUT2D eigenvalue weighted by molar-refractivity contribution is 5.54. The fraction of sp³-hybridized carbons (Fsp3) is 0.250. The molecule has 0 saturated heterocycles. The smallest absolute Gasteiger partial charge is 0.0345 e. The van der Waals surface area contributed by atoms with Gasteiger partial charge < -0.3 is 11.5 Å². The van der Waals surface area contributed by atoms with E-state index in [2.05, 4.69) is 0 Å². The van der Waals surface area contributed by atoms with Crippen LogP contribution in [0.2, 0.25) is 0 Å². The molecule has 2 nitrogen and oxygen atoms in total. The van der Waals surface area contributed by atoms with Crippen LogP contribution in [0.15, 0.2) is 18.2 Å². The third-order valence-corrected chi connectivity index (χ3v) is 1.29. The van der Waals surface area contributed by atoms with Gasteiger partial charge in [-0.25, -0.2) is 0 Å². The average Bonchev–Trinajstić information content (AvgIpc) is 1.80. The SMILES string of the molecule is C.Cc1cc(N)ccc1N. The molecule has 0 bridgehead atoms. The molecule has 0 aromatic heterocycles. The van der Waals surface area contributed by atoms with Crippen LogP contribution in [0.3, 0.4) is 0 Å². The van der Waals surface area contributed by atoms with Gasteiger partial charge in [-0.3, -0.25) is 0 Å². The van der Waals surface area contributed by atoms with Crippen LogP contribution in [0.5, 0.6) is 0 Å². The second-order valence-corrected chi connectivity index (χ2v) is 2.12. The average molecular weight is 138 g/mol. The molecule has 1 aromatic carbocycles. The van der Waals surface area contributed by atoms with E-state index in [1.54, 1.807) is 6.07 Å². The monoisotopic (exact) mass is 138 g/mol. The first-order valence-electron chi connectivity index (χ1n) is 2.82. The molecule has 4 N–H and O–H groups in total. The minimum atomic E-state index is 0. The molecule has 0 unspecified atom stereocenters. The minimum absolute atomic E-state index is 0. The first-order chi connectivity index (χ1) is 4.20. The Kier molecular flexibility index (Phi) is 2.74. The highest BCUT2D eigenvalue weighted by atomic mass is 14.6. The van der Waals surface area contributed by atoms with Crippen molar-refractivity contribution in [2.75, 3.05) is 11.5 Å². The van der Waals surface area contributed by atoms with Crippen molar-refractivity contribution in [3.63, 3.8) is 0 Å². The maximum atomic E-state index is 5.53. The zero-order chi connectivity index (χ0) is 6.85. The second-order valence-electron chi connectivity index (χ2n) is 2.12. The van der Waals surface area contributed by atoms with Crippen LogP contribution in [0, 0.1) is 6.92 Å². The molecule has 0 atom stereocenters. The van der Waals surface area contributed by atoms with Gasteiger partial charge >= 0.3 is 0 Å². The zero-order valence-electron chi connectivity index (χ0n) is 5.39. The van der Waals surface area contributed by atoms with Crippen LogP contribution in [-0.2, 0) is 0 Å². The molecule has 0 aliphatic heterocycles. The highest BCUT2D eigenvalue weighted by Crippen LogP contribution is 2.12. The van der Waals surface area contributed by atoms with Crippen LogP contribution < -0.4 is 11.5 Å². The third-order valence-electron chi connectivity index (χ3n) is 1.29. The molecule has 0 heterocycles. The van der Waals surface area contributed by atoms with Crippen LogP contribution >= 0.6 is 0 Å². The Morgan fingerprint density at radius 3 is 2.20 bits per heavy atom. The van der Waals surface area contributed by atoms with Gasteiger partial charge in [-0.05, 0) is 30.7 Å². The molecule has 0 saturated carbocycles. The molecule has 56 valence electrons. The Morgan fingerprint density at radius 1 is 1.20 bits per heavy atom. The van der Waals surface area contributed by atoms with Crippen molar-refractivity contribution in [2.45, 2.75) is 14.4 Å². The summed E-state index contributed by atoms with van der Waals surface area (Å²) in [5.41, 5.74) is 13.6. The molecule has 0 fully saturated rings. The van der Waals surface area contributed by atoms with E-state index >= 15 is 0 Å². The summed E-state index contributed by atoms with van der Waals surface area (Å²) in [5.74, 6) is 0. The summed E-state index contributed by atoms with van der Waals surface area (Å²) in [6.45, 7) is 1.94. The maximum Gasteiger partial charge on any atom is 0.0345 e. The molecular formula is C8H14N2. The van der Waals surface area contributed by atoms with E-state index < -0.39 is 0 Å². The predicted octanol–water partition coefficient (Wildman–Crippen LogP) is 1.80. The summed E-state index contributed by atoms with van der Waals surface area (Å²) in [6.07, 6.45) is 0. The minimum Gasteiger partial charge on any atom is -0.399 e. The van der Waals surface area contributed by atoms with Crippen LogP contribution in [-0.4, -0.2) is 0 Å². The predicted molar refractivity (Wildman–Crippen MR) is 46.7 cm³/mol. The number of hydrogen-bond donors (Lipinski definition) is 2. The lowest BCUT2D eigenvalue weighted by Gasteiger charge is -1.98. The topological polar surface area (TPSA) is 52.0 Å². The van der Waals surface area contributed by atoms with Gasteiger partial charge in [0.1, 0.15) is 0 Å². The standard InChI is InChI=1S/C7H10N2.CH4/c1-5-4-6(8)2-3-7(5)9;/h2-4H,8-9H2,1H3;1H4. The number of anilines is 2. The number of aryl methyl sites for hydroxylation is 1. The van der Waals surface area contributed by atoms with Crippen molar-refractivity contribution in [3.05, 3.63) is 23.8 Å². The van der Waals surface area contributed by atoms with E-state index in [1.165, 1.54) is 0 Å². The molecule has 0 aliphatic rings. The molecule has 2 heteroatoms. The maximum absolute atomic E-state index is 5.53. The van der Waals surface area contributed by atoms with Gasteiger partial charge in [0.05, 0.1) is 0 Å². The Labute approximate surface area is 61.8 Å². The number of nitrogen functional groups attached to an aromatic ring is 2. The van der Waals surface area contributed by atoms with Gasteiger partial charge in [-0.2, -0.15) is 0 Å². The van der Waals surface area contributed by atoms with Gasteiger partial charge in [-0.15, -0.1) is 0 Å². The van der Waals surface area contributed by atoms with Gasteiger partial charge in [0, 0.05) is 11.4 Å². The summed E-state index contributed by atoms with van der Waals surface area (Å²) < 4.78 is 0. The van der Waals surface area contributed by atoms with Gasteiger partial charge in [0.15, 0.2) is 0 Å². The lowest BCUT2D eigenvalue weighted by molar-refractivity contribution is 1.47. The third kappa shape index (κ3) is 1.65. The van der Waals surface area contributed by atoms with Crippen molar-refractivity contribution >= 4 is 11.4 Å².